The van der Waals surface area contributed by atoms with Crippen molar-refractivity contribution in [1.82, 2.24) is 9.88 Å². The predicted octanol–water partition coefficient (Wildman–Crippen LogP) is 2.68. The topological polar surface area (TPSA) is 42.2 Å². The lowest BCUT2D eigenvalue weighted by atomic mass is 10.1. The standard InChI is InChI=1S/C14H18FN3S/c1-10-14(19-9-17-10)8-18(2)7-12-5-11(6-16)3-4-13(12)15/h3-5,9H,6-8,16H2,1-2H3. The molecule has 2 N–H and O–H groups in total. The molecule has 102 valence electrons. The van der Waals surface area contributed by atoms with Crippen molar-refractivity contribution in [2.24, 2.45) is 5.73 Å². The molecule has 2 aromatic rings. The number of nitrogens with two attached hydrogens (primary N) is 1. The Morgan fingerprint density at radius 3 is 2.79 bits per heavy atom. The highest BCUT2D eigenvalue weighted by Gasteiger charge is 2.09. The molecule has 19 heavy (non-hydrogen) atoms. The van der Waals surface area contributed by atoms with Gasteiger partial charge >= 0.3 is 0 Å². The third-order valence-corrected chi connectivity index (χ3v) is 3.96. The lowest BCUT2D eigenvalue weighted by Gasteiger charge is -2.17. The molecule has 0 fully saturated rings. The van der Waals surface area contributed by atoms with E-state index in [0.29, 0.717) is 18.7 Å². The summed E-state index contributed by atoms with van der Waals surface area (Å²) in [4.78, 5) is 7.53. The summed E-state index contributed by atoms with van der Waals surface area (Å²) in [5.41, 5.74) is 10.1. The molecule has 2 rings (SSSR count). The Hall–Kier alpha value is -1.30. The number of aryl methyl sites for hydroxylation is 1. The minimum atomic E-state index is -0.176. The average Bonchev–Trinajstić information content (AvgIpc) is 2.78. The Morgan fingerprint density at radius 2 is 2.16 bits per heavy atom. The number of benzene rings is 1. The van der Waals surface area contributed by atoms with Crippen LogP contribution >= 0.6 is 11.3 Å². The molecule has 0 aliphatic carbocycles. The van der Waals surface area contributed by atoms with Gasteiger partial charge in [-0.1, -0.05) is 12.1 Å². The summed E-state index contributed by atoms with van der Waals surface area (Å²) in [7, 11) is 1.98. The highest BCUT2D eigenvalue weighted by atomic mass is 32.1. The molecule has 0 radical (unpaired) electrons. The number of nitrogens with zero attached hydrogens (tertiary/aromatic N) is 2. The molecular formula is C14H18FN3S. The highest BCUT2D eigenvalue weighted by Crippen LogP contribution is 2.17. The zero-order chi connectivity index (χ0) is 13.8. The number of hydrogen-bond acceptors (Lipinski definition) is 4. The van der Waals surface area contributed by atoms with E-state index < -0.39 is 0 Å². The van der Waals surface area contributed by atoms with Crippen LogP contribution in [0.15, 0.2) is 23.7 Å². The van der Waals surface area contributed by atoms with Crippen LogP contribution in [0.25, 0.3) is 0 Å². The Bertz CT molecular complexity index is 553. The normalized spacial score (nSPS) is 11.2. The van der Waals surface area contributed by atoms with E-state index in [1.54, 1.807) is 17.4 Å². The van der Waals surface area contributed by atoms with Crippen LogP contribution in [0.4, 0.5) is 4.39 Å². The number of halogens is 1. The van der Waals surface area contributed by atoms with E-state index >= 15 is 0 Å². The van der Waals surface area contributed by atoms with Crippen LogP contribution in [-0.2, 0) is 19.6 Å². The Kier molecular flexibility index (Phi) is 4.63. The van der Waals surface area contributed by atoms with Gasteiger partial charge in [-0.15, -0.1) is 11.3 Å². The van der Waals surface area contributed by atoms with Gasteiger partial charge in [-0.25, -0.2) is 9.37 Å². The summed E-state index contributed by atoms with van der Waals surface area (Å²) in [6.45, 7) is 3.78. The second-order valence-corrected chi connectivity index (χ2v) is 5.60. The third kappa shape index (κ3) is 3.59. The Morgan fingerprint density at radius 1 is 1.37 bits per heavy atom. The maximum Gasteiger partial charge on any atom is 0.127 e. The summed E-state index contributed by atoms with van der Waals surface area (Å²) in [5.74, 6) is -0.176. The predicted molar refractivity (Wildman–Crippen MR) is 76.3 cm³/mol. The van der Waals surface area contributed by atoms with Crippen LogP contribution in [0.1, 0.15) is 21.7 Å². The molecule has 3 nitrogen and oxygen atoms in total. The van der Waals surface area contributed by atoms with Crippen molar-refractivity contribution >= 4 is 11.3 Å². The molecule has 0 bridgehead atoms. The van der Waals surface area contributed by atoms with Crippen LogP contribution in [0.3, 0.4) is 0 Å². The van der Waals surface area contributed by atoms with Crippen LogP contribution in [0.5, 0.6) is 0 Å². The molecule has 0 saturated heterocycles. The summed E-state index contributed by atoms with van der Waals surface area (Å²) in [6.07, 6.45) is 0. The smallest absolute Gasteiger partial charge is 0.127 e. The molecule has 0 spiro atoms. The molecule has 0 atom stereocenters. The van der Waals surface area contributed by atoms with E-state index in [-0.39, 0.29) is 5.82 Å². The second-order valence-electron chi connectivity index (χ2n) is 4.66. The van der Waals surface area contributed by atoms with Gasteiger partial charge in [0.05, 0.1) is 11.2 Å². The largest absolute Gasteiger partial charge is 0.326 e. The fraction of sp³-hybridized carbons (Fsp3) is 0.357. The van der Waals surface area contributed by atoms with Crippen molar-refractivity contribution in [2.45, 2.75) is 26.6 Å². The first-order chi connectivity index (χ1) is 9.10. The van der Waals surface area contributed by atoms with E-state index in [0.717, 1.165) is 17.8 Å². The number of rotatable bonds is 5. The van der Waals surface area contributed by atoms with Crippen LogP contribution < -0.4 is 5.73 Å². The molecule has 0 amide bonds. The summed E-state index contributed by atoms with van der Waals surface area (Å²) in [5, 5.41) is 0. The van der Waals surface area contributed by atoms with Crippen molar-refractivity contribution < 1.29 is 4.39 Å². The van der Waals surface area contributed by atoms with Crippen LogP contribution in [-0.4, -0.2) is 16.9 Å². The number of hydrogen-bond donors (Lipinski definition) is 1. The summed E-state index contributed by atoms with van der Waals surface area (Å²) >= 11 is 1.63. The van der Waals surface area contributed by atoms with Crippen molar-refractivity contribution in [3.05, 3.63) is 51.2 Å². The van der Waals surface area contributed by atoms with Crippen LogP contribution in [0.2, 0.25) is 0 Å². The molecule has 1 aromatic carbocycles. The Labute approximate surface area is 116 Å². The highest BCUT2D eigenvalue weighted by molar-refractivity contribution is 7.09. The fourth-order valence-electron chi connectivity index (χ4n) is 1.95. The van der Waals surface area contributed by atoms with Gasteiger partial charge in [-0.2, -0.15) is 0 Å². The van der Waals surface area contributed by atoms with E-state index in [1.807, 2.05) is 25.5 Å². The van der Waals surface area contributed by atoms with Gasteiger partial charge in [0.2, 0.25) is 0 Å². The summed E-state index contributed by atoms with van der Waals surface area (Å²) < 4.78 is 13.7. The quantitative estimate of drug-likeness (QED) is 0.915. The van der Waals surface area contributed by atoms with Gasteiger partial charge < -0.3 is 5.73 Å². The molecule has 1 heterocycles. The van der Waals surface area contributed by atoms with E-state index in [9.17, 15) is 4.39 Å². The van der Waals surface area contributed by atoms with Crippen molar-refractivity contribution in [3.8, 4) is 0 Å². The monoisotopic (exact) mass is 279 g/mol. The minimum absolute atomic E-state index is 0.176. The molecule has 0 aliphatic heterocycles. The first kappa shape index (κ1) is 14.1. The number of thiazole rings is 1. The second kappa shape index (κ2) is 6.23. The molecule has 0 unspecified atom stereocenters. The molecule has 1 aromatic heterocycles. The van der Waals surface area contributed by atoms with Gasteiger partial charge in [0.15, 0.2) is 0 Å². The average molecular weight is 279 g/mol. The first-order valence-electron chi connectivity index (χ1n) is 6.15. The SMILES string of the molecule is Cc1ncsc1CN(C)Cc1cc(CN)ccc1F. The van der Waals surface area contributed by atoms with Gasteiger partial charge in [-0.3, -0.25) is 4.90 Å². The van der Waals surface area contributed by atoms with Gasteiger partial charge in [0.25, 0.3) is 0 Å². The maximum absolute atomic E-state index is 13.7. The molecular weight excluding hydrogens is 261 g/mol. The molecule has 5 heteroatoms. The first-order valence-corrected chi connectivity index (χ1v) is 7.03. The zero-order valence-corrected chi connectivity index (χ0v) is 12.0. The van der Waals surface area contributed by atoms with Gasteiger partial charge in [0.1, 0.15) is 5.82 Å². The fourth-order valence-corrected chi connectivity index (χ4v) is 2.80. The Balaban J connectivity index is 2.06. The van der Waals surface area contributed by atoms with Crippen molar-refractivity contribution in [3.63, 3.8) is 0 Å². The molecule has 0 saturated carbocycles. The summed E-state index contributed by atoms with van der Waals surface area (Å²) in [6, 6.07) is 5.06. The molecule has 0 aliphatic rings. The van der Waals surface area contributed by atoms with Gasteiger partial charge in [0, 0.05) is 30.1 Å². The van der Waals surface area contributed by atoms with E-state index in [1.165, 1.54) is 10.9 Å². The lowest BCUT2D eigenvalue weighted by Crippen LogP contribution is -2.18. The van der Waals surface area contributed by atoms with Crippen molar-refractivity contribution in [2.75, 3.05) is 7.05 Å². The van der Waals surface area contributed by atoms with E-state index in [4.69, 9.17) is 5.73 Å². The van der Waals surface area contributed by atoms with Crippen molar-refractivity contribution in [1.29, 1.82) is 0 Å². The van der Waals surface area contributed by atoms with Crippen LogP contribution in [0, 0.1) is 12.7 Å². The maximum atomic E-state index is 13.7. The number of aromatic nitrogens is 1. The lowest BCUT2D eigenvalue weighted by molar-refractivity contribution is 0.315. The minimum Gasteiger partial charge on any atom is -0.326 e. The van der Waals surface area contributed by atoms with Gasteiger partial charge in [-0.05, 0) is 25.6 Å². The third-order valence-electron chi connectivity index (χ3n) is 3.04. The van der Waals surface area contributed by atoms with E-state index in [2.05, 4.69) is 9.88 Å². The zero-order valence-electron chi connectivity index (χ0n) is 11.2.